The lowest BCUT2D eigenvalue weighted by atomic mass is 9.85. The molecular weight excluding hydrogens is 855 g/mol. The third-order valence-corrected chi connectivity index (χ3v) is 16.0. The van der Waals surface area contributed by atoms with Crippen LogP contribution in [0.1, 0.15) is 58.6 Å². The Kier molecular flexibility index (Phi) is 9.41. The van der Waals surface area contributed by atoms with Crippen molar-refractivity contribution in [3.8, 4) is 16.8 Å². The van der Waals surface area contributed by atoms with Crippen LogP contribution in [0.15, 0.2) is 228 Å². The highest BCUT2D eigenvalue weighted by atomic mass is 32.1. The van der Waals surface area contributed by atoms with Crippen molar-refractivity contribution in [1.29, 1.82) is 0 Å². The van der Waals surface area contributed by atoms with Gasteiger partial charge in [-0.2, -0.15) is 0 Å². The molecule has 1 aliphatic heterocycles. The highest BCUT2D eigenvalue weighted by Crippen LogP contribution is 2.50. The van der Waals surface area contributed by atoms with Crippen LogP contribution in [0.5, 0.6) is 0 Å². The molecule has 0 radical (unpaired) electrons. The van der Waals surface area contributed by atoms with Crippen molar-refractivity contribution >= 4 is 92.1 Å². The van der Waals surface area contributed by atoms with Crippen LogP contribution in [0.2, 0.25) is 0 Å². The smallest absolute Gasteiger partial charge is 0.160 e. The summed E-state index contributed by atoms with van der Waals surface area (Å²) in [6.07, 6.45) is 6.02. The summed E-state index contributed by atoms with van der Waals surface area (Å²) in [5.74, 6) is 1.01. The molecule has 69 heavy (non-hydrogen) atoms. The molecule has 1 unspecified atom stereocenters. The molecule has 0 saturated carbocycles. The highest BCUT2D eigenvalue weighted by molar-refractivity contribution is 7.27. The van der Waals surface area contributed by atoms with Crippen LogP contribution in [-0.2, 0) is 6.42 Å². The fourth-order valence-electron chi connectivity index (χ4n) is 11.6. The number of hydrogen-bond acceptors (Lipinski definition) is 3. The number of thiophene rings is 1. The summed E-state index contributed by atoms with van der Waals surface area (Å²) in [5.41, 5.74) is 15.9. The predicted octanol–water partition coefficient (Wildman–Crippen LogP) is 17.3. The molecule has 3 nitrogen and oxygen atoms in total. The third-order valence-electron chi connectivity index (χ3n) is 14.7. The number of rotatable bonds is 7. The van der Waals surface area contributed by atoms with Gasteiger partial charge in [0.2, 0.25) is 0 Å². The molecule has 0 fully saturated rings. The van der Waals surface area contributed by atoms with Crippen LogP contribution < -0.4 is 0 Å². The van der Waals surface area contributed by atoms with Crippen molar-refractivity contribution in [2.24, 2.45) is 9.98 Å². The number of aromatic nitrogens is 1. The SMILES string of the molecule is C1=C(c2ccc(-n3c4ccccc4c4cc5ccccc5cc43)c3sc4c5ccccc5ccc4c23)/N=C(c2ccccc2)\N=C(\c2cccc3c2C(CCc2ccccc2)c2ccccc2-3)CC\1. The van der Waals surface area contributed by atoms with E-state index in [4.69, 9.17) is 9.98 Å². The van der Waals surface area contributed by atoms with Gasteiger partial charge in [0.1, 0.15) is 0 Å². The molecule has 2 aromatic heterocycles. The van der Waals surface area contributed by atoms with Crippen LogP contribution in [0.4, 0.5) is 0 Å². The van der Waals surface area contributed by atoms with E-state index in [0.29, 0.717) is 0 Å². The zero-order chi connectivity index (χ0) is 45.4. The van der Waals surface area contributed by atoms with Gasteiger partial charge in [-0.25, -0.2) is 9.98 Å². The Morgan fingerprint density at radius 3 is 2.07 bits per heavy atom. The lowest BCUT2D eigenvalue weighted by Crippen LogP contribution is -2.13. The molecule has 2 aliphatic rings. The van der Waals surface area contributed by atoms with E-state index in [9.17, 15) is 0 Å². The molecule has 12 aromatic rings. The maximum Gasteiger partial charge on any atom is 0.160 e. The van der Waals surface area contributed by atoms with Gasteiger partial charge in [-0.3, -0.25) is 0 Å². The van der Waals surface area contributed by atoms with Gasteiger partial charge in [0.15, 0.2) is 5.84 Å². The fraction of sp³-hybridized carbons (Fsp3) is 0.0769. The average molecular weight is 900 g/mol. The standard InChI is InChI=1S/C65H45N3S/c1-3-17-41(18-4-1)33-35-51-48-26-12-11-25-47(48)50-28-15-29-52(61(50)51)56-30-16-31-57(67-65(66-56)43-20-5-2-6-21-43)53-37-38-59(64-62(53)54-36-34-42-19-9-10-24-46(42)63(54)69-64)68-58-32-14-13-27-49(58)55-39-44-22-7-8-23-45(44)40-60(55)68/h1-15,17-29,31-32,34,36-40,51H,16,30,33,35H2/b57-31-,66-56+,67-65-. The van der Waals surface area contributed by atoms with Gasteiger partial charge < -0.3 is 4.57 Å². The largest absolute Gasteiger partial charge is 0.308 e. The Labute approximate surface area is 404 Å². The normalized spacial score (nSPS) is 17.0. The van der Waals surface area contributed by atoms with E-state index in [2.05, 4.69) is 223 Å². The lowest BCUT2D eigenvalue weighted by Gasteiger charge is -2.20. The van der Waals surface area contributed by atoms with Crippen molar-refractivity contribution in [1.82, 2.24) is 4.57 Å². The van der Waals surface area contributed by atoms with Crippen molar-refractivity contribution < 1.29 is 0 Å². The van der Waals surface area contributed by atoms with Gasteiger partial charge in [-0.1, -0.05) is 194 Å². The van der Waals surface area contributed by atoms with Gasteiger partial charge in [-0.05, 0) is 99.3 Å². The summed E-state index contributed by atoms with van der Waals surface area (Å²) in [4.78, 5) is 11.4. The zero-order valence-corrected chi connectivity index (χ0v) is 38.8. The lowest BCUT2D eigenvalue weighted by molar-refractivity contribution is 0.728. The van der Waals surface area contributed by atoms with E-state index < -0.39 is 0 Å². The van der Waals surface area contributed by atoms with Gasteiger partial charge in [0.25, 0.3) is 0 Å². The quantitative estimate of drug-likeness (QED) is 0.153. The summed E-state index contributed by atoms with van der Waals surface area (Å²) in [6.45, 7) is 0. The van der Waals surface area contributed by atoms with Crippen molar-refractivity contribution in [2.75, 3.05) is 0 Å². The number of benzene rings is 10. The minimum Gasteiger partial charge on any atom is -0.308 e. The van der Waals surface area contributed by atoms with Crippen LogP contribution >= 0.6 is 11.3 Å². The maximum absolute atomic E-state index is 5.69. The first-order valence-corrected chi connectivity index (χ1v) is 25.0. The van der Waals surface area contributed by atoms with Crippen LogP contribution in [0.25, 0.3) is 86.0 Å². The first kappa shape index (κ1) is 39.9. The molecule has 3 heterocycles. The molecule has 14 rings (SSSR count). The Balaban J connectivity index is 0.971. The predicted molar refractivity (Wildman–Crippen MR) is 294 cm³/mol. The molecule has 0 bridgehead atoms. The second-order valence-electron chi connectivity index (χ2n) is 18.6. The number of nitrogens with zero attached hydrogens (tertiary/aromatic N) is 3. The summed E-state index contributed by atoms with van der Waals surface area (Å²) >= 11 is 1.90. The number of para-hydroxylation sites is 1. The number of aryl methyl sites for hydroxylation is 1. The third kappa shape index (κ3) is 6.54. The second-order valence-corrected chi connectivity index (χ2v) is 19.6. The number of amidine groups is 1. The molecule has 1 aliphatic carbocycles. The van der Waals surface area contributed by atoms with E-state index in [-0.39, 0.29) is 5.92 Å². The Morgan fingerprint density at radius 2 is 1.20 bits per heavy atom. The Hall–Kier alpha value is -8.18. The summed E-state index contributed by atoms with van der Waals surface area (Å²) < 4.78 is 5.05. The zero-order valence-electron chi connectivity index (χ0n) is 37.9. The molecule has 1 atom stereocenters. The molecule has 10 aromatic carbocycles. The van der Waals surface area contributed by atoms with E-state index >= 15 is 0 Å². The first-order valence-electron chi connectivity index (χ1n) is 24.2. The molecule has 0 amide bonds. The minimum atomic E-state index is 0.270. The van der Waals surface area contributed by atoms with Gasteiger partial charge in [-0.15, -0.1) is 11.3 Å². The molecule has 4 heteroatoms. The van der Waals surface area contributed by atoms with E-state index in [1.807, 2.05) is 11.3 Å². The number of fused-ring (bicyclic) bond motifs is 12. The fourth-order valence-corrected chi connectivity index (χ4v) is 12.9. The molecular formula is C65H45N3S. The molecule has 0 spiro atoms. The summed E-state index contributed by atoms with van der Waals surface area (Å²) in [6, 6.07) is 77.9. The van der Waals surface area contributed by atoms with Crippen molar-refractivity contribution in [3.63, 3.8) is 0 Å². The second kappa shape index (κ2) is 16.3. The molecule has 326 valence electrons. The van der Waals surface area contributed by atoms with Crippen LogP contribution in [0, 0.1) is 0 Å². The summed E-state index contributed by atoms with van der Waals surface area (Å²) in [7, 11) is 0. The topological polar surface area (TPSA) is 29.6 Å². The Bertz CT molecular complexity index is 4130. The van der Waals surface area contributed by atoms with Gasteiger partial charge >= 0.3 is 0 Å². The summed E-state index contributed by atoms with van der Waals surface area (Å²) in [5, 5.41) is 10.0. The highest BCUT2D eigenvalue weighted by Gasteiger charge is 2.32. The number of aliphatic imine (C=N–C) groups is 2. The van der Waals surface area contributed by atoms with Crippen LogP contribution in [0.3, 0.4) is 0 Å². The van der Waals surface area contributed by atoms with Crippen molar-refractivity contribution in [3.05, 3.63) is 252 Å². The van der Waals surface area contributed by atoms with E-state index in [1.54, 1.807) is 0 Å². The number of hydrogen-bond donors (Lipinski definition) is 0. The van der Waals surface area contributed by atoms with Gasteiger partial charge in [0.05, 0.1) is 32.8 Å². The maximum atomic E-state index is 5.69. The van der Waals surface area contributed by atoms with Gasteiger partial charge in [0, 0.05) is 48.9 Å². The van der Waals surface area contributed by atoms with E-state index in [0.717, 1.165) is 54.1 Å². The molecule has 0 N–H and O–H groups in total. The van der Waals surface area contributed by atoms with Crippen LogP contribution in [-0.4, -0.2) is 16.1 Å². The average Bonchev–Trinajstić information content (AvgIpc) is 4.06. The molecule has 0 saturated heterocycles. The monoisotopic (exact) mass is 899 g/mol. The minimum absolute atomic E-state index is 0.270. The van der Waals surface area contributed by atoms with Crippen molar-refractivity contribution in [2.45, 2.75) is 31.6 Å². The Morgan fingerprint density at radius 1 is 0.493 bits per heavy atom. The first-order chi connectivity index (χ1) is 34.2. The van der Waals surface area contributed by atoms with E-state index in [1.165, 1.54) is 103 Å². The number of allylic oxidation sites excluding steroid dienone is 1.